The first-order valence-electron chi connectivity index (χ1n) is 5.72. The number of aliphatic carboxylic acids is 1. The Morgan fingerprint density at radius 1 is 1.33 bits per heavy atom. The molecule has 0 aliphatic carbocycles. The number of hydrogen-bond donors (Lipinski definition) is 3. The fraction of sp³-hybridized carbons (Fsp3) is 0.385. The number of hydrogen-bond acceptors (Lipinski definition) is 3. The van der Waals surface area contributed by atoms with Gasteiger partial charge in [-0.15, -0.1) is 0 Å². The number of carbonyl (C=O) groups is 2. The van der Waals surface area contributed by atoms with Crippen molar-refractivity contribution in [1.29, 1.82) is 0 Å². The molecular weight excluding hydrogens is 232 g/mol. The molecule has 0 saturated carbocycles. The van der Waals surface area contributed by atoms with Gasteiger partial charge in [0.05, 0.1) is 5.56 Å². The summed E-state index contributed by atoms with van der Waals surface area (Å²) in [5, 5.41) is 11.5. The maximum atomic E-state index is 12.0. The lowest BCUT2D eigenvalue weighted by Crippen LogP contribution is -2.44. The highest BCUT2D eigenvalue weighted by molar-refractivity contribution is 6.01. The van der Waals surface area contributed by atoms with Crippen LogP contribution in [-0.2, 0) is 4.79 Å². The number of nitrogen functional groups attached to an aromatic ring is 1. The molecule has 5 heteroatoms. The summed E-state index contributed by atoms with van der Waals surface area (Å²) in [6.45, 7) is 5.31. The SMILES string of the molecule is Cc1ccc(N)c(C(=O)NC(C(=O)O)C(C)C)c1. The van der Waals surface area contributed by atoms with Gasteiger partial charge in [0.15, 0.2) is 0 Å². The van der Waals surface area contributed by atoms with Gasteiger partial charge >= 0.3 is 5.97 Å². The Hall–Kier alpha value is -2.04. The quantitative estimate of drug-likeness (QED) is 0.704. The number of amides is 1. The molecule has 0 aliphatic heterocycles. The standard InChI is InChI=1S/C13H18N2O3/c1-7(2)11(13(17)18)15-12(16)9-6-8(3)4-5-10(9)14/h4-7,11H,14H2,1-3H3,(H,15,16)(H,17,18). The average molecular weight is 250 g/mol. The van der Waals surface area contributed by atoms with Gasteiger partial charge in [-0.05, 0) is 25.0 Å². The van der Waals surface area contributed by atoms with E-state index in [-0.39, 0.29) is 5.92 Å². The van der Waals surface area contributed by atoms with Crippen LogP contribution in [0.25, 0.3) is 0 Å². The molecule has 1 amide bonds. The highest BCUT2D eigenvalue weighted by Gasteiger charge is 2.24. The molecule has 0 aromatic heterocycles. The summed E-state index contributed by atoms with van der Waals surface area (Å²) in [5.74, 6) is -1.71. The first-order valence-corrected chi connectivity index (χ1v) is 5.72. The van der Waals surface area contributed by atoms with E-state index in [2.05, 4.69) is 5.32 Å². The third-order valence-corrected chi connectivity index (χ3v) is 2.67. The second kappa shape index (κ2) is 5.53. The maximum Gasteiger partial charge on any atom is 0.326 e. The van der Waals surface area contributed by atoms with Gasteiger partial charge < -0.3 is 16.2 Å². The third-order valence-electron chi connectivity index (χ3n) is 2.67. The average Bonchev–Trinajstić information content (AvgIpc) is 2.28. The molecule has 1 unspecified atom stereocenters. The van der Waals surface area contributed by atoms with Gasteiger partial charge in [-0.1, -0.05) is 25.5 Å². The Morgan fingerprint density at radius 3 is 2.44 bits per heavy atom. The molecule has 18 heavy (non-hydrogen) atoms. The van der Waals surface area contributed by atoms with Crippen molar-refractivity contribution < 1.29 is 14.7 Å². The van der Waals surface area contributed by atoms with Gasteiger partial charge in [0, 0.05) is 5.69 Å². The summed E-state index contributed by atoms with van der Waals surface area (Å²) in [6.07, 6.45) is 0. The molecule has 0 saturated heterocycles. The molecule has 4 N–H and O–H groups in total. The number of nitrogens with one attached hydrogen (secondary N) is 1. The van der Waals surface area contributed by atoms with Crippen LogP contribution in [0.4, 0.5) is 5.69 Å². The van der Waals surface area contributed by atoms with E-state index in [1.54, 1.807) is 32.0 Å². The molecule has 1 aromatic rings. The van der Waals surface area contributed by atoms with Gasteiger partial charge in [0.25, 0.3) is 5.91 Å². The third kappa shape index (κ3) is 3.23. The molecule has 0 bridgehead atoms. The van der Waals surface area contributed by atoms with Crippen molar-refractivity contribution >= 4 is 17.6 Å². The highest BCUT2D eigenvalue weighted by atomic mass is 16.4. The van der Waals surface area contributed by atoms with Crippen LogP contribution < -0.4 is 11.1 Å². The van der Waals surface area contributed by atoms with Gasteiger partial charge in [0.1, 0.15) is 6.04 Å². The van der Waals surface area contributed by atoms with Crippen LogP contribution in [0.3, 0.4) is 0 Å². The van der Waals surface area contributed by atoms with Crippen LogP contribution in [0.1, 0.15) is 29.8 Å². The van der Waals surface area contributed by atoms with Crippen LogP contribution in [0.15, 0.2) is 18.2 Å². The van der Waals surface area contributed by atoms with E-state index >= 15 is 0 Å². The number of carboxylic acids is 1. The summed E-state index contributed by atoms with van der Waals surface area (Å²) < 4.78 is 0. The first kappa shape index (κ1) is 14.0. The van der Waals surface area contributed by atoms with Crippen molar-refractivity contribution in [2.24, 2.45) is 5.92 Å². The molecule has 0 fully saturated rings. The summed E-state index contributed by atoms with van der Waals surface area (Å²) in [5.41, 5.74) is 7.25. The molecule has 1 atom stereocenters. The number of carboxylic acid groups (broad SMARTS) is 1. The number of benzene rings is 1. The van der Waals surface area contributed by atoms with Gasteiger partial charge in [-0.25, -0.2) is 4.79 Å². The second-order valence-electron chi connectivity index (χ2n) is 4.62. The normalized spacial score (nSPS) is 12.2. The summed E-state index contributed by atoms with van der Waals surface area (Å²) >= 11 is 0. The Labute approximate surface area is 106 Å². The van der Waals surface area contributed by atoms with E-state index in [0.29, 0.717) is 11.3 Å². The molecule has 0 spiro atoms. The number of carbonyl (C=O) groups excluding carboxylic acids is 1. The molecule has 5 nitrogen and oxygen atoms in total. The molecule has 1 aromatic carbocycles. The summed E-state index contributed by atoms with van der Waals surface area (Å²) in [6, 6.07) is 4.15. The van der Waals surface area contributed by atoms with Gasteiger partial charge in [-0.3, -0.25) is 4.79 Å². The van der Waals surface area contributed by atoms with E-state index < -0.39 is 17.9 Å². The molecule has 98 valence electrons. The zero-order valence-electron chi connectivity index (χ0n) is 10.7. The van der Waals surface area contributed by atoms with Crippen molar-refractivity contribution in [2.45, 2.75) is 26.8 Å². The minimum Gasteiger partial charge on any atom is -0.480 e. The Bertz CT molecular complexity index is 469. The van der Waals surface area contributed by atoms with Gasteiger partial charge in [0.2, 0.25) is 0 Å². The lowest BCUT2D eigenvalue weighted by Gasteiger charge is -2.18. The fourth-order valence-electron chi connectivity index (χ4n) is 1.60. The zero-order valence-corrected chi connectivity index (χ0v) is 10.7. The van der Waals surface area contributed by atoms with E-state index in [9.17, 15) is 9.59 Å². The van der Waals surface area contributed by atoms with E-state index in [1.807, 2.05) is 6.92 Å². The van der Waals surface area contributed by atoms with Crippen molar-refractivity contribution in [3.8, 4) is 0 Å². The number of aryl methyl sites for hydroxylation is 1. The van der Waals surface area contributed by atoms with E-state index in [1.165, 1.54) is 0 Å². The summed E-state index contributed by atoms with van der Waals surface area (Å²) in [4.78, 5) is 23.0. The van der Waals surface area contributed by atoms with Crippen molar-refractivity contribution in [3.63, 3.8) is 0 Å². The Kier molecular flexibility index (Phi) is 4.31. The van der Waals surface area contributed by atoms with Crippen LogP contribution in [0.5, 0.6) is 0 Å². The number of anilines is 1. The maximum absolute atomic E-state index is 12.0. The fourth-order valence-corrected chi connectivity index (χ4v) is 1.60. The lowest BCUT2D eigenvalue weighted by molar-refractivity contribution is -0.140. The van der Waals surface area contributed by atoms with E-state index in [4.69, 9.17) is 10.8 Å². The first-order chi connectivity index (χ1) is 8.32. The minimum absolute atomic E-state index is 0.197. The molecule has 0 aliphatic rings. The minimum atomic E-state index is -1.05. The topological polar surface area (TPSA) is 92.4 Å². The molecule has 0 heterocycles. The van der Waals surface area contributed by atoms with Gasteiger partial charge in [-0.2, -0.15) is 0 Å². The van der Waals surface area contributed by atoms with Crippen molar-refractivity contribution in [3.05, 3.63) is 29.3 Å². The number of rotatable bonds is 4. The van der Waals surface area contributed by atoms with Crippen molar-refractivity contribution in [1.82, 2.24) is 5.32 Å². The molecule has 1 rings (SSSR count). The highest BCUT2D eigenvalue weighted by Crippen LogP contribution is 2.14. The van der Waals surface area contributed by atoms with Crippen LogP contribution in [0.2, 0.25) is 0 Å². The Morgan fingerprint density at radius 2 is 1.94 bits per heavy atom. The second-order valence-corrected chi connectivity index (χ2v) is 4.62. The molecule has 0 radical (unpaired) electrons. The number of nitrogens with two attached hydrogens (primary N) is 1. The smallest absolute Gasteiger partial charge is 0.326 e. The predicted molar refractivity (Wildman–Crippen MR) is 69.3 cm³/mol. The van der Waals surface area contributed by atoms with Crippen LogP contribution in [-0.4, -0.2) is 23.0 Å². The zero-order chi connectivity index (χ0) is 13.9. The largest absolute Gasteiger partial charge is 0.480 e. The van der Waals surface area contributed by atoms with E-state index in [0.717, 1.165) is 5.56 Å². The monoisotopic (exact) mass is 250 g/mol. The lowest BCUT2D eigenvalue weighted by atomic mass is 10.0. The molecular formula is C13H18N2O3. The summed E-state index contributed by atoms with van der Waals surface area (Å²) in [7, 11) is 0. The van der Waals surface area contributed by atoms with Crippen molar-refractivity contribution in [2.75, 3.05) is 5.73 Å². The van der Waals surface area contributed by atoms with Crippen LogP contribution in [0, 0.1) is 12.8 Å². The van der Waals surface area contributed by atoms with Crippen LogP contribution >= 0.6 is 0 Å². The predicted octanol–water partition coefficient (Wildman–Crippen LogP) is 1.42. The Balaban J connectivity index is 2.94.